The second kappa shape index (κ2) is 8.73. The van der Waals surface area contributed by atoms with E-state index in [1.54, 1.807) is 24.8 Å². The number of hydrogen-bond donors (Lipinski definition) is 0. The Hall–Kier alpha value is -3.79. The molecule has 0 radical (unpaired) electrons. The topological polar surface area (TPSA) is 41.9 Å². The van der Waals surface area contributed by atoms with E-state index in [9.17, 15) is 0 Å². The van der Waals surface area contributed by atoms with Crippen molar-refractivity contribution in [2.45, 2.75) is 0 Å². The Morgan fingerprint density at radius 2 is 1.32 bits per heavy atom. The van der Waals surface area contributed by atoms with Gasteiger partial charge in [0.05, 0.1) is 0 Å². The average Bonchev–Trinajstić information content (AvgIpc) is 2.79. The zero-order valence-electron chi connectivity index (χ0n) is 15.4. The number of hydrogen-bond acceptors (Lipinski definition) is 4. The Morgan fingerprint density at radius 3 is 1.93 bits per heavy atom. The Kier molecular flexibility index (Phi) is 5.49. The molecule has 0 spiro atoms. The van der Waals surface area contributed by atoms with Crippen molar-refractivity contribution >= 4 is 24.2 Å². The van der Waals surface area contributed by atoms with Crippen molar-refractivity contribution in [2.75, 3.05) is 11.4 Å². The summed E-state index contributed by atoms with van der Waals surface area (Å²) in [7, 11) is 0. The van der Waals surface area contributed by atoms with Gasteiger partial charge < -0.3 is 4.90 Å². The molecule has 0 bridgehead atoms. The van der Waals surface area contributed by atoms with Crippen LogP contribution >= 0.6 is 0 Å². The second-order valence-corrected chi connectivity index (χ2v) is 6.33. The summed E-state index contributed by atoms with van der Waals surface area (Å²) in [6, 6.07) is 14.3. The van der Waals surface area contributed by atoms with Gasteiger partial charge in [0.15, 0.2) is 0 Å². The third-order valence-electron chi connectivity index (χ3n) is 4.36. The van der Waals surface area contributed by atoms with Crippen LogP contribution in [-0.4, -0.2) is 21.5 Å². The minimum atomic E-state index is 0.716. The quantitative estimate of drug-likeness (QED) is 0.638. The van der Waals surface area contributed by atoms with Crippen molar-refractivity contribution < 1.29 is 0 Å². The number of allylic oxidation sites excluding steroid dienone is 3. The Morgan fingerprint density at radius 1 is 0.714 bits per heavy atom. The highest BCUT2D eigenvalue weighted by Crippen LogP contribution is 2.16. The van der Waals surface area contributed by atoms with Gasteiger partial charge in [-0.15, -0.1) is 0 Å². The lowest BCUT2D eigenvalue weighted by molar-refractivity contribution is 0.968. The van der Waals surface area contributed by atoms with Crippen LogP contribution in [0.4, 0.5) is 5.95 Å². The lowest BCUT2D eigenvalue weighted by atomic mass is 10.1. The summed E-state index contributed by atoms with van der Waals surface area (Å²) in [4.78, 5) is 14.6. The summed E-state index contributed by atoms with van der Waals surface area (Å²) in [5.41, 5.74) is 4.66. The molecule has 0 N–H and O–H groups in total. The molecule has 1 aliphatic heterocycles. The average molecular weight is 364 g/mol. The molecule has 0 unspecified atom stereocenters. The van der Waals surface area contributed by atoms with Crippen molar-refractivity contribution in [3.63, 3.8) is 0 Å². The number of rotatable bonds is 5. The molecule has 4 nitrogen and oxygen atoms in total. The summed E-state index contributed by atoms with van der Waals surface area (Å²) in [6.45, 7) is 0.763. The third-order valence-corrected chi connectivity index (χ3v) is 4.36. The molecule has 4 heteroatoms. The summed E-state index contributed by atoms with van der Waals surface area (Å²) in [6.07, 6.45) is 21.8. The normalized spacial score (nSPS) is 14.0. The SMILES string of the molecule is C(=Cc1ccc(C=Cc2ccncc2)cc1)C1=CCN(c2ncccn2)C=C1. The van der Waals surface area contributed by atoms with Gasteiger partial charge >= 0.3 is 0 Å². The molecule has 3 aromatic rings. The van der Waals surface area contributed by atoms with Crippen LogP contribution in [-0.2, 0) is 0 Å². The number of benzene rings is 1. The molecule has 0 atom stereocenters. The van der Waals surface area contributed by atoms with Crippen LogP contribution in [0.1, 0.15) is 16.7 Å². The monoisotopic (exact) mass is 364 g/mol. The van der Waals surface area contributed by atoms with Gasteiger partial charge in [0.2, 0.25) is 5.95 Å². The van der Waals surface area contributed by atoms with E-state index in [-0.39, 0.29) is 0 Å². The fourth-order valence-electron chi connectivity index (χ4n) is 2.80. The van der Waals surface area contributed by atoms with E-state index in [1.807, 2.05) is 29.3 Å². The molecule has 2 aromatic heterocycles. The van der Waals surface area contributed by atoms with Gasteiger partial charge in [-0.3, -0.25) is 4.98 Å². The predicted octanol–water partition coefficient (Wildman–Crippen LogP) is 5.02. The smallest absolute Gasteiger partial charge is 0.229 e. The highest BCUT2D eigenvalue weighted by molar-refractivity contribution is 5.70. The molecule has 0 saturated carbocycles. The highest BCUT2D eigenvalue weighted by atomic mass is 15.2. The van der Waals surface area contributed by atoms with Gasteiger partial charge in [0.25, 0.3) is 0 Å². The lowest BCUT2D eigenvalue weighted by Gasteiger charge is -2.19. The number of nitrogens with zero attached hydrogens (tertiary/aromatic N) is 4. The molecule has 0 fully saturated rings. The molecule has 0 saturated heterocycles. The maximum atomic E-state index is 4.27. The molecule has 136 valence electrons. The standard InChI is InChI=1S/C24H20N4/c1-14-26-24(27-15-1)28-18-12-23(13-19-28)9-7-21-4-2-20(3-5-21)6-8-22-10-16-25-17-11-22/h1-18H,19H2. The maximum Gasteiger partial charge on any atom is 0.229 e. The molecule has 1 aliphatic rings. The molecule has 0 aliphatic carbocycles. The van der Waals surface area contributed by atoms with Gasteiger partial charge in [-0.2, -0.15) is 0 Å². The van der Waals surface area contributed by atoms with Crippen LogP contribution in [0.2, 0.25) is 0 Å². The van der Waals surface area contributed by atoms with Crippen molar-refractivity contribution in [2.24, 2.45) is 0 Å². The number of pyridine rings is 1. The minimum Gasteiger partial charge on any atom is -0.313 e. The zero-order chi connectivity index (χ0) is 19.0. The van der Waals surface area contributed by atoms with E-state index >= 15 is 0 Å². The van der Waals surface area contributed by atoms with Gasteiger partial charge in [-0.25, -0.2) is 9.97 Å². The Balaban J connectivity index is 1.36. The Labute approximate surface area is 164 Å². The van der Waals surface area contributed by atoms with Crippen molar-refractivity contribution in [3.05, 3.63) is 114 Å². The molecule has 0 amide bonds. The first-order valence-corrected chi connectivity index (χ1v) is 9.15. The fraction of sp³-hybridized carbons (Fsp3) is 0.0417. The van der Waals surface area contributed by atoms with E-state index in [4.69, 9.17) is 0 Å². The van der Waals surface area contributed by atoms with E-state index in [0.29, 0.717) is 5.95 Å². The molecular weight excluding hydrogens is 344 g/mol. The second-order valence-electron chi connectivity index (χ2n) is 6.33. The maximum absolute atomic E-state index is 4.27. The zero-order valence-corrected chi connectivity index (χ0v) is 15.4. The fourth-order valence-corrected chi connectivity index (χ4v) is 2.80. The van der Waals surface area contributed by atoms with Gasteiger partial charge in [0, 0.05) is 37.5 Å². The van der Waals surface area contributed by atoms with Crippen LogP contribution in [0, 0.1) is 0 Å². The van der Waals surface area contributed by atoms with Crippen LogP contribution in [0.25, 0.3) is 18.2 Å². The van der Waals surface area contributed by atoms with Crippen molar-refractivity contribution in [3.8, 4) is 0 Å². The summed E-state index contributed by atoms with van der Waals surface area (Å²) in [5.74, 6) is 0.716. The van der Waals surface area contributed by atoms with Gasteiger partial charge in [-0.1, -0.05) is 54.6 Å². The van der Waals surface area contributed by atoms with E-state index < -0.39 is 0 Å². The molecule has 3 heterocycles. The third kappa shape index (κ3) is 4.68. The number of aromatic nitrogens is 3. The van der Waals surface area contributed by atoms with Crippen LogP contribution < -0.4 is 4.90 Å². The Bertz CT molecular complexity index is 1020. The van der Waals surface area contributed by atoms with Crippen LogP contribution in [0.5, 0.6) is 0 Å². The largest absolute Gasteiger partial charge is 0.313 e. The molecule has 1 aromatic carbocycles. The van der Waals surface area contributed by atoms with Gasteiger partial charge in [0.1, 0.15) is 0 Å². The van der Waals surface area contributed by atoms with Crippen molar-refractivity contribution in [1.29, 1.82) is 0 Å². The van der Waals surface area contributed by atoms with E-state index in [1.165, 1.54) is 16.7 Å². The lowest BCUT2D eigenvalue weighted by Crippen LogP contribution is -2.20. The van der Waals surface area contributed by atoms with E-state index in [0.717, 1.165) is 12.1 Å². The molecule has 28 heavy (non-hydrogen) atoms. The first-order chi connectivity index (χ1) is 13.9. The number of anilines is 1. The minimum absolute atomic E-state index is 0.716. The summed E-state index contributed by atoms with van der Waals surface area (Å²) < 4.78 is 0. The van der Waals surface area contributed by atoms with Crippen LogP contribution in [0.3, 0.4) is 0 Å². The first-order valence-electron chi connectivity index (χ1n) is 9.15. The summed E-state index contributed by atoms with van der Waals surface area (Å²) in [5, 5.41) is 0. The molecular formula is C24H20N4. The van der Waals surface area contributed by atoms with Crippen molar-refractivity contribution in [1.82, 2.24) is 15.0 Å². The first kappa shape index (κ1) is 17.6. The highest BCUT2D eigenvalue weighted by Gasteiger charge is 2.07. The summed E-state index contributed by atoms with van der Waals surface area (Å²) >= 11 is 0. The van der Waals surface area contributed by atoms with E-state index in [2.05, 4.69) is 75.7 Å². The molecule has 4 rings (SSSR count). The predicted molar refractivity (Wildman–Crippen MR) is 115 cm³/mol. The van der Waals surface area contributed by atoms with Crippen LogP contribution in [0.15, 0.2) is 97.3 Å². The van der Waals surface area contributed by atoms with Gasteiger partial charge in [-0.05, 0) is 46.5 Å².